The van der Waals surface area contributed by atoms with E-state index in [2.05, 4.69) is 38.1 Å². The predicted molar refractivity (Wildman–Crippen MR) is 179 cm³/mol. The molecule has 222 valence electrons. The lowest BCUT2D eigenvalue weighted by molar-refractivity contribution is 0.0811. The summed E-state index contributed by atoms with van der Waals surface area (Å²) in [6.45, 7) is 4.54. The van der Waals surface area contributed by atoms with E-state index in [-0.39, 0.29) is 11.6 Å². The molecule has 2 nitrogen and oxygen atoms in total. The van der Waals surface area contributed by atoms with Crippen LogP contribution in [0.5, 0.6) is 0 Å². The van der Waals surface area contributed by atoms with Crippen molar-refractivity contribution in [3.05, 3.63) is 58.3 Å². The van der Waals surface area contributed by atoms with Gasteiger partial charge in [0.05, 0.1) is 5.92 Å². The SMILES string of the molecule is CCCCCCCCCCC(CCCCCCCC)CC1C(=O)c2c(-c3cccs3)ccc(-c3cccs3)c2C1=O. The molecule has 0 spiro atoms. The average molecular weight is 591 g/mol. The monoisotopic (exact) mass is 590 g/mol. The summed E-state index contributed by atoms with van der Waals surface area (Å²) in [7, 11) is 0. The Morgan fingerprint density at radius 1 is 0.585 bits per heavy atom. The molecule has 0 aliphatic heterocycles. The summed E-state index contributed by atoms with van der Waals surface area (Å²) in [5, 5.41) is 4.10. The fraction of sp³-hybridized carbons (Fsp3) is 0.568. The maximum Gasteiger partial charge on any atom is 0.175 e. The first kappa shape index (κ1) is 31.9. The molecule has 0 amide bonds. The summed E-state index contributed by atoms with van der Waals surface area (Å²) in [5.74, 6) is 0.0548. The highest BCUT2D eigenvalue weighted by atomic mass is 32.1. The maximum atomic E-state index is 14.1. The van der Waals surface area contributed by atoms with Crippen molar-refractivity contribution < 1.29 is 9.59 Å². The van der Waals surface area contributed by atoms with Crippen LogP contribution in [0.2, 0.25) is 0 Å². The second kappa shape index (κ2) is 17.2. The van der Waals surface area contributed by atoms with Gasteiger partial charge in [-0.2, -0.15) is 0 Å². The lowest BCUT2D eigenvalue weighted by Crippen LogP contribution is -2.20. The Balaban J connectivity index is 1.47. The highest BCUT2D eigenvalue weighted by Crippen LogP contribution is 2.44. The quantitative estimate of drug-likeness (QED) is 0.0968. The van der Waals surface area contributed by atoms with E-state index in [1.54, 1.807) is 22.7 Å². The van der Waals surface area contributed by atoms with E-state index in [0.717, 1.165) is 33.7 Å². The van der Waals surface area contributed by atoms with Crippen LogP contribution in [0.25, 0.3) is 20.9 Å². The molecule has 41 heavy (non-hydrogen) atoms. The zero-order chi connectivity index (χ0) is 28.9. The highest BCUT2D eigenvalue weighted by Gasteiger charge is 2.43. The van der Waals surface area contributed by atoms with Gasteiger partial charge in [-0.3, -0.25) is 9.59 Å². The van der Waals surface area contributed by atoms with Crippen molar-refractivity contribution >= 4 is 34.2 Å². The summed E-state index contributed by atoms with van der Waals surface area (Å²) < 4.78 is 0. The highest BCUT2D eigenvalue weighted by molar-refractivity contribution is 7.14. The molecule has 0 fully saturated rings. The van der Waals surface area contributed by atoms with Crippen molar-refractivity contribution in [2.75, 3.05) is 0 Å². The molecule has 0 radical (unpaired) electrons. The number of Topliss-reactive ketones (excluding diaryl/α,β-unsaturated/α-hetero) is 2. The van der Waals surface area contributed by atoms with E-state index in [1.807, 2.05) is 22.9 Å². The van der Waals surface area contributed by atoms with Gasteiger partial charge in [0.2, 0.25) is 0 Å². The van der Waals surface area contributed by atoms with Crippen LogP contribution in [-0.2, 0) is 0 Å². The molecular weight excluding hydrogens is 541 g/mol. The summed E-state index contributed by atoms with van der Waals surface area (Å²) >= 11 is 3.29. The molecule has 3 aromatic rings. The van der Waals surface area contributed by atoms with E-state index in [9.17, 15) is 9.59 Å². The van der Waals surface area contributed by atoms with Crippen LogP contribution in [0.4, 0.5) is 0 Å². The lowest BCUT2D eigenvalue weighted by Gasteiger charge is -2.20. The van der Waals surface area contributed by atoms with Crippen LogP contribution in [0.1, 0.15) is 144 Å². The standard InChI is InChI=1S/C37H50O2S2/c1-3-5-7-9-11-12-14-16-20-28(19-15-13-10-8-6-4-2)27-31-36(38)34-29(32-21-17-25-40-32)23-24-30(35(34)37(31)39)33-22-18-26-41-33/h17-18,21-26,28,31H,3-16,19-20,27H2,1-2H3. The number of hydrogen-bond acceptors (Lipinski definition) is 4. The zero-order valence-corrected chi connectivity index (χ0v) is 27.1. The molecule has 1 aromatic carbocycles. The number of rotatable bonds is 20. The molecule has 0 saturated carbocycles. The summed E-state index contributed by atoms with van der Waals surface area (Å²) in [4.78, 5) is 30.4. The summed E-state index contributed by atoms with van der Waals surface area (Å²) in [6, 6.07) is 12.3. The van der Waals surface area contributed by atoms with Crippen molar-refractivity contribution in [3.8, 4) is 20.9 Å². The molecule has 1 aliphatic rings. The van der Waals surface area contributed by atoms with Crippen LogP contribution in [0.3, 0.4) is 0 Å². The van der Waals surface area contributed by atoms with Crippen LogP contribution in [-0.4, -0.2) is 11.6 Å². The van der Waals surface area contributed by atoms with Gasteiger partial charge >= 0.3 is 0 Å². The first-order chi connectivity index (χ1) is 20.2. The van der Waals surface area contributed by atoms with Crippen LogP contribution < -0.4 is 0 Å². The molecule has 0 saturated heterocycles. The number of hydrogen-bond donors (Lipinski definition) is 0. The Morgan fingerprint density at radius 3 is 1.39 bits per heavy atom. The van der Waals surface area contributed by atoms with Crippen LogP contribution >= 0.6 is 22.7 Å². The zero-order valence-electron chi connectivity index (χ0n) is 25.4. The van der Waals surface area contributed by atoms with Crippen LogP contribution in [0.15, 0.2) is 47.2 Å². The number of thiophene rings is 2. The smallest absolute Gasteiger partial charge is 0.175 e. The first-order valence-corrected chi connectivity index (χ1v) is 18.2. The van der Waals surface area contributed by atoms with Crippen molar-refractivity contribution in [3.63, 3.8) is 0 Å². The van der Waals surface area contributed by atoms with E-state index in [0.29, 0.717) is 23.5 Å². The largest absolute Gasteiger partial charge is 0.293 e. The van der Waals surface area contributed by atoms with Crippen molar-refractivity contribution in [2.45, 2.75) is 123 Å². The number of benzene rings is 1. The molecular formula is C37H50O2S2. The fourth-order valence-corrected chi connectivity index (χ4v) is 8.08. The summed E-state index contributed by atoms with van der Waals surface area (Å²) in [5.41, 5.74) is 3.23. The Labute approximate surface area is 257 Å². The molecule has 4 rings (SSSR count). The van der Waals surface area contributed by atoms with Gasteiger partial charge in [-0.15, -0.1) is 22.7 Å². The molecule has 1 atom stereocenters. The Bertz CT molecular complexity index is 1120. The lowest BCUT2D eigenvalue weighted by atomic mass is 9.84. The van der Waals surface area contributed by atoms with E-state index >= 15 is 0 Å². The maximum absolute atomic E-state index is 14.1. The Hall–Kier alpha value is -2.04. The van der Waals surface area contributed by atoms with Crippen LogP contribution in [0, 0.1) is 11.8 Å². The van der Waals surface area contributed by atoms with Gasteiger partial charge < -0.3 is 0 Å². The number of ketones is 2. The van der Waals surface area contributed by atoms with Gasteiger partial charge in [0, 0.05) is 32.0 Å². The Kier molecular flexibility index (Phi) is 13.4. The van der Waals surface area contributed by atoms with Gasteiger partial charge in [0.15, 0.2) is 11.6 Å². The second-order valence-electron chi connectivity index (χ2n) is 12.1. The molecule has 2 heterocycles. The third-order valence-electron chi connectivity index (χ3n) is 8.91. The molecule has 1 aliphatic carbocycles. The van der Waals surface area contributed by atoms with Crippen molar-refractivity contribution in [1.29, 1.82) is 0 Å². The normalized spacial score (nSPS) is 14.2. The minimum Gasteiger partial charge on any atom is -0.293 e. The minimum absolute atomic E-state index is 0.0654. The molecule has 1 unspecified atom stereocenters. The van der Waals surface area contributed by atoms with Crippen molar-refractivity contribution in [2.24, 2.45) is 11.8 Å². The first-order valence-electron chi connectivity index (χ1n) is 16.5. The van der Waals surface area contributed by atoms with E-state index in [4.69, 9.17) is 0 Å². The third-order valence-corrected chi connectivity index (χ3v) is 10.7. The van der Waals surface area contributed by atoms with Gasteiger partial charge in [0.25, 0.3) is 0 Å². The average Bonchev–Trinajstić information content (AvgIpc) is 3.76. The number of fused-ring (bicyclic) bond motifs is 1. The Morgan fingerprint density at radius 2 is 1.00 bits per heavy atom. The molecule has 4 heteroatoms. The molecule has 2 aromatic heterocycles. The van der Waals surface area contributed by atoms with Gasteiger partial charge in [-0.25, -0.2) is 0 Å². The van der Waals surface area contributed by atoms with Gasteiger partial charge in [0.1, 0.15) is 0 Å². The summed E-state index contributed by atoms with van der Waals surface area (Å²) in [6.07, 6.45) is 21.2. The number of carbonyl (C=O) groups is 2. The van der Waals surface area contributed by atoms with E-state index in [1.165, 1.54) is 89.9 Å². The van der Waals surface area contributed by atoms with E-state index < -0.39 is 5.92 Å². The fourth-order valence-electron chi connectivity index (χ4n) is 6.56. The second-order valence-corrected chi connectivity index (χ2v) is 14.0. The minimum atomic E-state index is -0.524. The predicted octanol–water partition coefficient (Wildman–Crippen LogP) is 12.4. The van der Waals surface area contributed by atoms with Gasteiger partial charge in [-0.1, -0.05) is 141 Å². The molecule has 0 N–H and O–H groups in total. The number of unbranched alkanes of at least 4 members (excludes halogenated alkanes) is 12. The molecule has 0 bridgehead atoms. The van der Waals surface area contributed by atoms with Crippen molar-refractivity contribution in [1.82, 2.24) is 0 Å². The number of carbonyl (C=O) groups excluding carboxylic acids is 2. The van der Waals surface area contributed by atoms with Gasteiger partial charge in [-0.05, 0) is 35.2 Å². The third kappa shape index (κ3) is 8.74. The topological polar surface area (TPSA) is 34.1 Å².